The standard InChI is InChI=1S/C19H21IN4O2/c1-24(2)17-9-3-14(4-10-17)13-21-23-19(26)12-11-18(25)22-16-7-5-15(20)6-8-16/h3-10,13H,11-12H2,1-2H3,(H,22,25)(H,23,26). The highest BCUT2D eigenvalue weighted by Gasteiger charge is 2.06. The van der Waals surface area contributed by atoms with Gasteiger partial charge in [-0.1, -0.05) is 12.1 Å². The molecule has 2 N–H and O–H groups in total. The number of nitrogens with zero attached hydrogens (tertiary/aromatic N) is 2. The van der Waals surface area contributed by atoms with Crippen molar-refractivity contribution >= 4 is 52.0 Å². The Morgan fingerprint density at radius 2 is 1.62 bits per heavy atom. The van der Waals surface area contributed by atoms with Gasteiger partial charge in [0.25, 0.3) is 0 Å². The molecule has 2 rings (SSSR count). The molecule has 0 aliphatic heterocycles. The fourth-order valence-corrected chi connectivity index (χ4v) is 2.44. The van der Waals surface area contributed by atoms with Crippen molar-refractivity contribution in [1.82, 2.24) is 5.43 Å². The Morgan fingerprint density at radius 1 is 1.00 bits per heavy atom. The third-order valence-electron chi connectivity index (χ3n) is 3.52. The van der Waals surface area contributed by atoms with E-state index in [9.17, 15) is 9.59 Å². The molecule has 0 saturated carbocycles. The number of rotatable bonds is 7. The number of hydrogen-bond acceptors (Lipinski definition) is 4. The van der Waals surface area contributed by atoms with Crippen LogP contribution in [0, 0.1) is 3.57 Å². The summed E-state index contributed by atoms with van der Waals surface area (Å²) >= 11 is 2.20. The van der Waals surface area contributed by atoms with E-state index < -0.39 is 0 Å². The minimum Gasteiger partial charge on any atom is -0.378 e. The van der Waals surface area contributed by atoms with Gasteiger partial charge in [-0.2, -0.15) is 5.10 Å². The van der Waals surface area contributed by atoms with Crippen LogP contribution in [0.5, 0.6) is 0 Å². The second-order valence-corrected chi connectivity index (χ2v) is 7.08. The fourth-order valence-electron chi connectivity index (χ4n) is 2.08. The first kappa shape index (κ1) is 19.9. The largest absolute Gasteiger partial charge is 0.378 e. The molecular weight excluding hydrogens is 443 g/mol. The molecule has 0 saturated heterocycles. The van der Waals surface area contributed by atoms with Crippen LogP contribution in [-0.4, -0.2) is 32.1 Å². The van der Waals surface area contributed by atoms with E-state index in [0.717, 1.165) is 20.5 Å². The number of halogens is 1. The molecule has 136 valence electrons. The van der Waals surface area contributed by atoms with Crippen molar-refractivity contribution < 1.29 is 9.59 Å². The predicted octanol–water partition coefficient (Wildman–Crippen LogP) is 3.23. The molecule has 6 nitrogen and oxygen atoms in total. The van der Waals surface area contributed by atoms with Crippen LogP contribution in [0.15, 0.2) is 53.6 Å². The maximum atomic E-state index is 11.8. The topological polar surface area (TPSA) is 73.8 Å². The normalized spacial score (nSPS) is 10.6. The SMILES string of the molecule is CN(C)c1ccc(C=NNC(=O)CCC(=O)Nc2ccc(I)cc2)cc1. The summed E-state index contributed by atoms with van der Waals surface area (Å²) in [6.07, 6.45) is 1.75. The number of amides is 2. The second kappa shape index (κ2) is 9.91. The molecular formula is C19H21IN4O2. The van der Waals surface area contributed by atoms with Gasteiger partial charge in [-0.05, 0) is 64.6 Å². The van der Waals surface area contributed by atoms with E-state index in [0.29, 0.717) is 0 Å². The Hall–Kier alpha value is -2.42. The molecule has 0 aromatic heterocycles. The minimum absolute atomic E-state index is 0.0765. The van der Waals surface area contributed by atoms with E-state index in [-0.39, 0.29) is 24.7 Å². The Kier molecular flexibility index (Phi) is 7.58. The van der Waals surface area contributed by atoms with E-state index in [4.69, 9.17) is 0 Å². The zero-order chi connectivity index (χ0) is 18.9. The summed E-state index contributed by atoms with van der Waals surface area (Å²) in [7, 11) is 3.94. The zero-order valence-corrected chi connectivity index (χ0v) is 16.9. The summed E-state index contributed by atoms with van der Waals surface area (Å²) in [5.74, 6) is -0.506. The summed E-state index contributed by atoms with van der Waals surface area (Å²) in [6, 6.07) is 15.2. The molecule has 2 amide bonds. The Morgan fingerprint density at radius 3 is 2.23 bits per heavy atom. The van der Waals surface area contributed by atoms with Gasteiger partial charge in [-0.3, -0.25) is 9.59 Å². The zero-order valence-electron chi connectivity index (χ0n) is 14.7. The molecule has 0 aliphatic rings. The van der Waals surface area contributed by atoms with Crippen LogP contribution < -0.4 is 15.6 Å². The highest BCUT2D eigenvalue weighted by Crippen LogP contribution is 2.12. The van der Waals surface area contributed by atoms with E-state index in [1.165, 1.54) is 0 Å². The second-order valence-electron chi connectivity index (χ2n) is 5.83. The van der Waals surface area contributed by atoms with E-state index >= 15 is 0 Å². The average molecular weight is 464 g/mol. The summed E-state index contributed by atoms with van der Waals surface area (Å²) < 4.78 is 1.09. The first-order valence-corrected chi connectivity index (χ1v) is 9.16. The van der Waals surface area contributed by atoms with Crippen molar-refractivity contribution in [2.45, 2.75) is 12.8 Å². The summed E-state index contributed by atoms with van der Waals surface area (Å²) in [5.41, 5.74) is 5.12. The summed E-state index contributed by atoms with van der Waals surface area (Å²) in [4.78, 5) is 25.6. The van der Waals surface area contributed by atoms with Gasteiger partial charge in [-0.15, -0.1) is 0 Å². The number of nitrogens with one attached hydrogen (secondary N) is 2. The van der Waals surface area contributed by atoms with E-state index in [1.54, 1.807) is 6.21 Å². The van der Waals surface area contributed by atoms with Crippen LogP contribution in [0.25, 0.3) is 0 Å². The molecule has 0 heterocycles. The van der Waals surface area contributed by atoms with Gasteiger partial charge in [0, 0.05) is 41.9 Å². The Bertz CT molecular complexity index is 771. The van der Waals surface area contributed by atoms with Gasteiger partial charge >= 0.3 is 0 Å². The van der Waals surface area contributed by atoms with Crippen molar-refractivity contribution in [2.75, 3.05) is 24.3 Å². The number of hydrazone groups is 1. The van der Waals surface area contributed by atoms with Crippen molar-refractivity contribution in [3.63, 3.8) is 0 Å². The third kappa shape index (κ3) is 6.83. The number of hydrogen-bond donors (Lipinski definition) is 2. The van der Waals surface area contributed by atoms with E-state index in [1.807, 2.05) is 67.5 Å². The molecule has 0 spiro atoms. The van der Waals surface area contributed by atoms with Crippen LogP contribution >= 0.6 is 22.6 Å². The molecule has 7 heteroatoms. The molecule has 0 atom stereocenters. The maximum absolute atomic E-state index is 11.8. The summed E-state index contributed by atoms with van der Waals surface area (Å²) in [6.45, 7) is 0. The predicted molar refractivity (Wildman–Crippen MR) is 114 cm³/mol. The highest BCUT2D eigenvalue weighted by molar-refractivity contribution is 14.1. The number of carbonyl (C=O) groups is 2. The lowest BCUT2D eigenvalue weighted by molar-refractivity contribution is -0.124. The molecule has 0 fully saturated rings. The van der Waals surface area contributed by atoms with Gasteiger partial charge in [0.1, 0.15) is 0 Å². The van der Waals surface area contributed by atoms with Crippen molar-refractivity contribution in [3.8, 4) is 0 Å². The van der Waals surface area contributed by atoms with Crippen molar-refractivity contribution in [1.29, 1.82) is 0 Å². The summed E-state index contributed by atoms with van der Waals surface area (Å²) in [5, 5.41) is 6.67. The smallest absolute Gasteiger partial charge is 0.240 e. The molecule has 26 heavy (non-hydrogen) atoms. The van der Waals surface area contributed by atoms with Gasteiger partial charge in [0.2, 0.25) is 11.8 Å². The lowest BCUT2D eigenvalue weighted by Gasteiger charge is -2.11. The molecule has 2 aromatic rings. The molecule has 0 bridgehead atoms. The average Bonchev–Trinajstić information content (AvgIpc) is 2.62. The van der Waals surface area contributed by atoms with Crippen molar-refractivity contribution in [2.24, 2.45) is 5.10 Å². The Labute approximate surface area is 166 Å². The lowest BCUT2D eigenvalue weighted by atomic mass is 10.2. The van der Waals surface area contributed by atoms with Crippen molar-refractivity contribution in [3.05, 3.63) is 57.7 Å². The van der Waals surface area contributed by atoms with E-state index in [2.05, 4.69) is 38.4 Å². The molecule has 2 aromatic carbocycles. The molecule has 0 radical (unpaired) electrons. The molecule has 0 unspecified atom stereocenters. The van der Waals surface area contributed by atoms with Crippen LogP contribution in [0.3, 0.4) is 0 Å². The number of anilines is 2. The van der Waals surface area contributed by atoms with Crippen LogP contribution in [0.1, 0.15) is 18.4 Å². The lowest BCUT2D eigenvalue weighted by Crippen LogP contribution is -2.20. The number of benzene rings is 2. The van der Waals surface area contributed by atoms with Gasteiger partial charge < -0.3 is 10.2 Å². The van der Waals surface area contributed by atoms with Gasteiger partial charge in [-0.25, -0.2) is 5.43 Å². The first-order chi connectivity index (χ1) is 12.4. The fraction of sp³-hybridized carbons (Fsp3) is 0.211. The number of carbonyl (C=O) groups excluding carboxylic acids is 2. The van der Waals surface area contributed by atoms with Crippen LogP contribution in [-0.2, 0) is 9.59 Å². The van der Waals surface area contributed by atoms with Crippen LogP contribution in [0.2, 0.25) is 0 Å². The van der Waals surface area contributed by atoms with Gasteiger partial charge in [0.15, 0.2) is 0 Å². The maximum Gasteiger partial charge on any atom is 0.240 e. The van der Waals surface area contributed by atoms with Crippen LogP contribution in [0.4, 0.5) is 11.4 Å². The molecule has 0 aliphatic carbocycles. The first-order valence-electron chi connectivity index (χ1n) is 8.09. The third-order valence-corrected chi connectivity index (χ3v) is 4.24. The minimum atomic E-state index is -0.302. The Balaban J connectivity index is 1.72. The van der Waals surface area contributed by atoms with Gasteiger partial charge in [0.05, 0.1) is 6.21 Å². The highest BCUT2D eigenvalue weighted by atomic mass is 127. The monoisotopic (exact) mass is 464 g/mol. The quantitative estimate of drug-likeness (QED) is 0.376.